The normalized spacial score (nSPS) is 20.4. The van der Waals surface area contributed by atoms with Crippen molar-refractivity contribution in [3.8, 4) is 5.75 Å². The fourth-order valence-corrected chi connectivity index (χ4v) is 3.25. The number of Topliss-reactive ketones (excluding diaryl/α,β-unsaturated/α-hetero) is 1. The minimum atomic E-state index is -0.440. The third-order valence-electron chi connectivity index (χ3n) is 4.30. The van der Waals surface area contributed by atoms with Gasteiger partial charge in [0, 0.05) is 17.3 Å². The molecule has 3 heteroatoms. The number of benzene rings is 2. The number of fused-ring (bicyclic) bond motifs is 2. The van der Waals surface area contributed by atoms with E-state index in [0.29, 0.717) is 6.42 Å². The number of anilines is 1. The van der Waals surface area contributed by atoms with E-state index < -0.39 is 6.10 Å². The molecule has 0 radical (unpaired) electrons. The maximum Gasteiger partial charge on any atom is 0.197 e. The van der Waals surface area contributed by atoms with E-state index in [4.69, 9.17) is 4.74 Å². The SMILES string of the molecule is CC1(C)C=c2cc3c(cc2N1)=CC(=O)C(Cc1ccccc1)O3. The minimum absolute atomic E-state index is 0.0301. The zero-order chi connectivity index (χ0) is 16.0. The Kier molecular flexibility index (Phi) is 3.05. The second-order valence-corrected chi connectivity index (χ2v) is 6.81. The molecule has 1 atom stereocenters. The third kappa shape index (κ3) is 2.63. The van der Waals surface area contributed by atoms with Crippen LogP contribution in [0.4, 0.5) is 5.69 Å². The second kappa shape index (κ2) is 4.98. The smallest absolute Gasteiger partial charge is 0.197 e. The summed E-state index contributed by atoms with van der Waals surface area (Å²) in [6.07, 6.45) is 4.06. The first-order valence-electron chi connectivity index (χ1n) is 7.91. The Labute approximate surface area is 135 Å². The van der Waals surface area contributed by atoms with Crippen LogP contribution in [0.1, 0.15) is 19.4 Å². The molecule has 0 aromatic heterocycles. The Morgan fingerprint density at radius 3 is 2.70 bits per heavy atom. The van der Waals surface area contributed by atoms with Crippen LogP contribution >= 0.6 is 0 Å². The highest BCUT2D eigenvalue weighted by Crippen LogP contribution is 2.22. The van der Waals surface area contributed by atoms with Crippen LogP contribution in [-0.4, -0.2) is 17.4 Å². The predicted octanol–water partition coefficient (Wildman–Crippen LogP) is 2.02. The molecule has 0 spiro atoms. The van der Waals surface area contributed by atoms with Gasteiger partial charge in [-0.2, -0.15) is 0 Å². The first kappa shape index (κ1) is 14.1. The highest BCUT2D eigenvalue weighted by Gasteiger charge is 2.26. The topological polar surface area (TPSA) is 38.3 Å². The third-order valence-corrected chi connectivity index (χ3v) is 4.30. The van der Waals surface area contributed by atoms with Crippen molar-refractivity contribution in [1.29, 1.82) is 0 Å². The molecular formula is C20H19NO2. The molecule has 2 heterocycles. The number of ketones is 1. The minimum Gasteiger partial charge on any atom is -0.481 e. The van der Waals surface area contributed by atoms with Crippen LogP contribution in [0.5, 0.6) is 5.75 Å². The van der Waals surface area contributed by atoms with Gasteiger partial charge in [0.2, 0.25) is 0 Å². The van der Waals surface area contributed by atoms with Crippen LogP contribution in [0.2, 0.25) is 0 Å². The van der Waals surface area contributed by atoms with Gasteiger partial charge in [0.25, 0.3) is 0 Å². The first-order chi connectivity index (χ1) is 11.0. The Morgan fingerprint density at radius 2 is 1.91 bits per heavy atom. The molecule has 0 fully saturated rings. The van der Waals surface area contributed by atoms with Crippen LogP contribution in [0.3, 0.4) is 0 Å². The van der Waals surface area contributed by atoms with E-state index in [-0.39, 0.29) is 11.3 Å². The molecular weight excluding hydrogens is 286 g/mol. The summed E-state index contributed by atoms with van der Waals surface area (Å²) in [4.78, 5) is 12.4. The second-order valence-electron chi connectivity index (χ2n) is 6.81. The van der Waals surface area contributed by atoms with Gasteiger partial charge in [-0.15, -0.1) is 0 Å². The molecule has 23 heavy (non-hydrogen) atoms. The average Bonchev–Trinajstić information content (AvgIpc) is 2.80. The van der Waals surface area contributed by atoms with Gasteiger partial charge in [-0.05, 0) is 42.8 Å². The molecule has 0 bridgehead atoms. The van der Waals surface area contributed by atoms with E-state index in [0.717, 1.165) is 27.4 Å². The molecule has 2 aromatic rings. The number of carbonyl (C=O) groups is 1. The molecule has 0 saturated carbocycles. The molecule has 3 nitrogen and oxygen atoms in total. The quantitative estimate of drug-likeness (QED) is 0.922. The van der Waals surface area contributed by atoms with Gasteiger partial charge in [0.1, 0.15) is 5.75 Å². The fourth-order valence-electron chi connectivity index (χ4n) is 3.25. The number of nitrogens with one attached hydrogen (secondary N) is 1. The summed E-state index contributed by atoms with van der Waals surface area (Å²) in [7, 11) is 0. The van der Waals surface area contributed by atoms with Crippen molar-refractivity contribution in [3.63, 3.8) is 0 Å². The molecule has 0 aliphatic carbocycles. The van der Waals surface area contributed by atoms with Gasteiger partial charge in [0.05, 0.1) is 5.54 Å². The van der Waals surface area contributed by atoms with Gasteiger partial charge < -0.3 is 10.1 Å². The summed E-state index contributed by atoms with van der Waals surface area (Å²) < 4.78 is 6.01. The maximum absolute atomic E-state index is 12.4. The zero-order valence-corrected chi connectivity index (χ0v) is 13.3. The predicted molar refractivity (Wildman–Crippen MR) is 91.9 cm³/mol. The Hall–Kier alpha value is -2.55. The largest absolute Gasteiger partial charge is 0.481 e. The summed E-state index contributed by atoms with van der Waals surface area (Å²) in [6.45, 7) is 4.25. The lowest BCUT2D eigenvalue weighted by Gasteiger charge is -2.21. The van der Waals surface area contributed by atoms with Crippen molar-refractivity contribution < 1.29 is 9.53 Å². The highest BCUT2D eigenvalue weighted by molar-refractivity contribution is 6.10. The van der Waals surface area contributed by atoms with Crippen LogP contribution in [0, 0.1) is 0 Å². The molecule has 116 valence electrons. The monoisotopic (exact) mass is 305 g/mol. The summed E-state index contributed by atoms with van der Waals surface area (Å²) in [5.41, 5.74) is 2.10. The van der Waals surface area contributed by atoms with Crippen molar-refractivity contribution in [2.75, 3.05) is 5.32 Å². The number of carbonyl (C=O) groups excluding carboxylic acids is 1. The number of hydrogen-bond acceptors (Lipinski definition) is 3. The Bertz CT molecular complexity index is 897. The molecule has 1 unspecified atom stereocenters. The van der Waals surface area contributed by atoms with Crippen LogP contribution in [0.15, 0.2) is 42.5 Å². The highest BCUT2D eigenvalue weighted by atomic mass is 16.5. The van der Waals surface area contributed by atoms with E-state index in [9.17, 15) is 4.79 Å². The molecule has 2 aliphatic rings. The van der Waals surface area contributed by atoms with Crippen molar-refractivity contribution >= 4 is 23.6 Å². The van der Waals surface area contributed by atoms with Crippen molar-refractivity contribution in [1.82, 2.24) is 0 Å². The van der Waals surface area contributed by atoms with Crippen molar-refractivity contribution in [2.24, 2.45) is 0 Å². The Balaban J connectivity index is 1.69. The molecule has 0 saturated heterocycles. The van der Waals surface area contributed by atoms with E-state index in [1.807, 2.05) is 42.5 Å². The van der Waals surface area contributed by atoms with E-state index in [1.54, 1.807) is 6.08 Å². The van der Waals surface area contributed by atoms with Gasteiger partial charge in [0.15, 0.2) is 11.9 Å². The van der Waals surface area contributed by atoms with E-state index in [1.165, 1.54) is 0 Å². The number of rotatable bonds is 2. The summed E-state index contributed by atoms with van der Waals surface area (Å²) >= 11 is 0. The summed E-state index contributed by atoms with van der Waals surface area (Å²) in [5, 5.41) is 5.44. The maximum atomic E-state index is 12.4. The molecule has 1 N–H and O–H groups in total. The average molecular weight is 305 g/mol. The number of ether oxygens (including phenoxy) is 1. The van der Waals surface area contributed by atoms with Gasteiger partial charge in [-0.3, -0.25) is 4.79 Å². The van der Waals surface area contributed by atoms with E-state index >= 15 is 0 Å². The fraction of sp³-hybridized carbons (Fsp3) is 0.250. The first-order valence-corrected chi connectivity index (χ1v) is 7.91. The molecule has 4 rings (SSSR count). The lowest BCUT2D eigenvalue weighted by Crippen LogP contribution is -2.36. The van der Waals surface area contributed by atoms with Gasteiger partial charge >= 0.3 is 0 Å². The van der Waals surface area contributed by atoms with E-state index in [2.05, 4.69) is 25.2 Å². The molecule has 2 aromatic carbocycles. The molecule has 0 amide bonds. The van der Waals surface area contributed by atoms with Crippen LogP contribution < -0.4 is 20.5 Å². The zero-order valence-electron chi connectivity index (χ0n) is 13.3. The standard InChI is InChI=1S/C20H19NO2/c1-20(2)12-15-11-18-14(9-16(15)21-20)10-17(22)19(23-18)8-13-6-4-3-5-7-13/h3-7,9-12,19,21H,8H2,1-2H3. The molecule has 2 aliphatic heterocycles. The summed E-state index contributed by atoms with van der Waals surface area (Å²) in [6, 6.07) is 14.0. The summed E-state index contributed by atoms with van der Waals surface area (Å²) in [5.74, 6) is 0.822. The van der Waals surface area contributed by atoms with Crippen LogP contribution in [0.25, 0.3) is 12.2 Å². The van der Waals surface area contributed by atoms with Gasteiger partial charge in [-0.25, -0.2) is 0 Å². The van der Waals surface area contributed by atoms with Crippen molar-refractivity contribution in [3.05, 3.63) is 58.5 Å². The van der Waals surface area contributed by atoms with Crippen LogP contribution in [-0.2, 0) is 11.2 Å². The Morgan fingerprint density at radius 1 is 1.13 bits per heavy atom. The number of hydrogen-bond donors (Lipinski definition) is 1. The lowest BCUT2D eigenvalue weighted by atomic mass is 10.0. The van der Waals surface area contributed by atoms with Crippen molar-refractivity contribution in [2.45, 2.75) is 31.9 Å². The lowest BCUT2D eigenvalue weighted by molar-refractivity contribution is -0.120. The van der Waals surface area contributed by atoms with Gasteiger partial charge in [-0.1, -0.05) is 36.4 Å².